The van der Waals surface area contributed by atoms with E-state index in [4.69, 9.17) is 16.7 Å². The fraction of sp³-hybridized carbons (Fsp3) is 0.400. The van der Waals surface area contributed by atoms with Crippen LogP contribution >= 0.6 is 22.9 Å². The summed E-state index contributed by atoms with van der Waals surface area (Å²) >= 11 is 7.04. The molecule has 0 saturated carbocycles. The molecule has 2 atom stereocenters. The molecule has 0 bridgehead atoms. The van der Waals surface area contributed by atoms with Crippen molar-refractivity contribution in [3.8, 4) is 0 Å². The van der Waals surface area contributed by atoms with E-state index in [2.05, 4.69) is 10.6 Å². The third kappa shape index (κ3) is 4.52. The van der Waals surface area contributed by atoms with Crippen LogP contribution in [0.5, 0.6) is 0 Å². The van der Waals surface area contributed by atoms with Crippen molar-refractivity contribution in [3.05, 3.63) is 21.3 Å². The first-order valence-electron chi connectivity index (χ1n) is 5.09. The first-order valence-corrected chi connectivity index (χ1v) is 6.29. The minimum atomic E-state index is -1.34. The number of hydrogen-bond acceptors (Lipinski definition) is 4. The molecular formula is C10H13ClN2O4S. The molecule has 0 unspecified atom stereocenters. The molecule has 100 valence electrons. The molecule has 18 heavy (non-hydrogen) atoms. The van der Waals surface area contributed by atoms with E-state index in [0.717, 1.165) is 4.88 Å². The van der Waals surface area contributed by atoms with E-state index in [1.807, 2.05) is 0 Å². The van der Waals surface area contributed by atoms with Crippen molar-refractivity contribution in [2.24, 2.45) is 0 Å². The number of hydrogen-bond donors (Lipinski definition) is 4. The molecular weight excluding hydrogens is 280 g/mol. The smallest absolute Gasteiger partial charge is 0.328 e. The van der Waals surface area contributed by atoms with E-state index in [9.17, 15) is 14.7 Å². The van der Waals surface area contributed by atoms with Crippen LogP contribution in [0.1, 0.15) is 11.8 Å². The Bertz CT molecular complexity index is 435. The van der Waals surface area contributed by atoms with Gasteiger partial charge in [0.05, 0.1) is 17.0 Å². The van der Waals surface area contributed by atoms with E-state index in [-0.39, 0.29) is 6.54 Å². The normalized spacial score (nSPS) is 13.7. The van der Waals surface area contributed by atoms with E-state index in [0.29, 0.717) is 4.34 Å². The number of urea groups is 1. The number of aliphatic carboxylic acids is 1. The Hall–Kier alpha value is -1.31. The number of carbonyl (C=O) groups is 2. The lowest BCUT2D eigenvalue weighted by Gasteiger charge is -2.17. The van der Waals surface area contributed by atoms with Gasteiger partial charge >= 0.3 is 12.0 Å². The number of carboxylic acid groups (broad SMARTS) is 1. The number of aliphatic hydroxyl groups is 1. The van der Waals surface area contributed by atoms with Crippen molar-refractivity contribution in [1.82, 2.24) is 10.6 Å². The fourth-order valence-corrected chi connectivity index (χ4v) is 2.22. The molecule has 0 aliphatic carbocycles. The van der Waals surface area contributed by atoms with Crippen LogP contribution in [0.2, 0.25) is 4.34 Å². The summed E-state index contributed by atoms with van der Waals surface area (Å²) in [6.07, 6.45) is -1.18. The summed E-state index contributed by atoms with van der Waals surface area (Å²) in [6, 6.07) is 1.47. The number of halogens is 1. The average molecular weight is 293 g/mol. The van der Waals surface area contributed by atoms with Gasteiger partial charge in [0, 0.05) is 4.88 Å². The highest BCUT2D eigenvalue weighted by atomic mass is 35.5. The first-order chi connectivity index (χ1) is 8.40. The Balaban J connectivity index is 2.43. The lowest BCUT2D eigenvalue weighted by molar-refractivity contribution is -0.141. The van der Waals surface area contributed by atoms with Gasteiger partial charge in [-0.05, 0) is 19.1 Å². The first kappa shape index (κ1) is 14.7. The zero-order valence-electron chi connectivity index (χ0n) is 9.51. The van der Waals surface area contributed by atoms with Gasteiger partial charge < -0.3 is 20.8 Å². The van der Waals surface area contributed by atoms with Gasteiger partial charge in [-0.3, -0.25) is 0 Å². The van der Waals surface area contributed by atoms with Crippen LogP contribution in [0.4, 0.5) is 4.79 Å². The Morgan fingerprint density at radius 2 is 2.17 bits per heavy atom. The van der Waals surface area contributed by atoms with Gasteiger partial charge in [0.25, 0.3) is 0 Å². The van der Waals surface area contributed by atoms with Gasteiger partial charge in [-0.2, -0.15) is 0 Å². The predicted octanol–water partition coefficient (Wildman–Crippen LogP) is 1.03. The number of amides is 2. The second kappa shape index (κ2) is 6.58. The van der Waals surface area contributed by atoms with Crippen LogP contribution in [0.25, 0.3) is 0 Å². The molecule has 6 nitrogen and oxygen atoms in total. The van der Waals surface area contributed by atoms with Gasteiger partial charge in [-0.1, -0.05) is 11.6 Å². The van der Waals surface area contributed by atoms with Crippen molar-refractivity contribution in [2.75, 3.05) is 0 Å². The van der Waals surface area contributed by atoms with Crippen molar-refractivity contribution in [2.45, 2.75) is 25.6 Å². The SMILES string of the molecule is C[C@@H](O)[C@H](NC(=O)NCc1ccc(Cl)s1)C(=O)O. The maximum absolute atomic E-state index is 11.4. The van der Waals surface area contributed by atoms with Crippen LogP contribution in [-0.4, -0.2) is 34.4 Å². The molecule has 1 heterocycles. The molecule has 0 aromatic carbocycles. The molecule has 2 amide bonds. The molecule has 1 aromatic heterocycles. The van der Waals surface area contributed by atoms with Crippen molar-refractivity contribution >= 4 is 34.9 Å². The Labute approximate surface area is 113 Å². The highest BCUT2D eigenvalue weighted by Crippen LogP contribution is 2.20. The van der Waals surface area contributed by atoms with Crippen molar-refractivity contribution < 1.29 is 19.8 Å². The van der Waals surface area contributed by atoms with Gasteiger partial charge in [0.2, 0.25) is 0 Å². The van der Waals surface area contributed by atoms with E-state index >= 15 is 0 Å². The fourth-order valence-electron chi connectivity index (χ4n) is 1.20. The van der Waals surface area contributed by atoms with Crippen LogP contribution in [-0.2, 0) is 11.3 Å². The maximum atomic E-state index is 11.4. The largest absolute Gasteiger partial charge is 0.480 e. The van der Waals surface area contributed by atoms with Crippen LogP contribution < -0.4 is 10.6 Å². The third-order valence-electron chi connectivity index (χ3n) is 2.09. The highest BCUT2D eigenvalue weighted by Gasteiger charge is 2.24. The number of rotatable bonds is 5. The molecule has 1 aromatic rings. The third-order valence-corrected chi connectivity index (χ3v) is 3.32. The van der Waals surface area contributed by atoms with Crippen molar-refractivity contribution in [3.63, 3.8) is 0 Å². The summed E-state index contributed by atoms with van der Waals surface area (Å²) in [5.74, 6) is -1.29. The average Bonchev–Trinajstić information content (AvgIpc) is 2.68. The molecule has 0 spiro atoms. The quantitative estimate of drug-likeness (QED) is 0.651. The number of aliphatic hydroxyl groups excluding tert-OH is 1. The van der Waals surface area contributed by atoms with Gasteiger partial charge in [0.15, 0.2) is 6.04 Å². The second-order valence-corrected chi connectivity index (χ2v) is 5.39. The zero-order valence-corrected chi connectivity index (χ0v) is 11.1. The molecule has 4 N–H and O–H groups in total. The Kier molecular flexibility index (Phi) is 5.39. The Morgan fingerprint density at radius 1 is 1.50 bits per heavy atom. The Morgan fingerprint density at radius 3 is 2.61 bits per heavy atom. The second-order valence-electron chi connectivity index (χ2n) is 3.59. The lowest BCUT2D eigenvalue weighted by atomic mass is 10.2. The van der Waals surface area contributed by atoms with Gasteiger partial charge in [-0.25, -0.2) is 9.59 Å². The zero-order chi connectivity index (χ0) is 13.7. The molecule has 0 aliphatic rings. The summed E-state index contributed by atoms with van der Waals surface area (Å²) in [7, 11) is 0. The standard InChI is InChI=1S/C10H13ClN2O4S/c1-5(14)8(9(15)16)13-10(17)12-4-6-2-3-7(11)18-6/h2-3,5,8,14H,4H2,1H3,(H,15,16)(H2,12,13,17)/t5-,8+/m1/s1. The number of thiophene rings is 1. The summed E-state index contributed by atoms with van der Waals surface area (Å²) < 4.78 is 0.611. The summed E-state index contributed by atoms with van der Waals surface area (Å²) in [4.78, 5) is 23.0. The summed E-state index contributed by atoms with van der Waals surface area (Å²) in [5, 5.41) is 22.6. The monoisotopic (exact) mass is 292 g/mol. The molecule has 1 rings (SSSR count). The lowest BCUT2D eigenvalue weighted by Crippen LogP contribution is -2.50. The minimum absolute atomic E-state index is 0.245. The van der Waals surface area contributed by atoms with E-state index in [1.165, 1.54) is 18.3 Å². The summed E-state index contributed by atoms with van der Waals surface area (Å²) in [6.45, 7) is 1.54. The molecule has 0 radical (unpaired) electrons. The molecule has 8 heteroatoms. The van der Waals surface area contributed by atoms with Gasteiger partial charge in [0.1, 0.15) is 0 Å². The van der Waals surface area contributed by atoms with Crippen molar-refractivity contribution in [1.29, 1.82) is 0 Å². The number of nitrogens with one attached hydrogen (secondary N) is 2. The molecule has 0 aliphatic heterocycles. The topological polar surface area (TPSA) is 98.7 Å². The highest BCUT2D eigenvalue weighted by molar-refractivity contribution is 7.16. The van der Waals surface area contributed by atoms with E-state index < -0.39 is 24.1 Å². The molecule has 0 fully saturated rings. The van der Waals surface area contributed by atoms with E-state index in [1.54, 1.807) is 12.1 Å². The summed E-state index contributed by atoms with van der Waals surface area (Å²) in [5.41, 5.74) is 0. The van der Waals surface area contributed by atoms with Crippen LogP contribution in [0.3, 0.4) is 0 Å². The number of carbonyl (C=O) groups excluding carboxylic acids is 1. The minimum Gasteiger partial charge on any atom is -0.480 e. The predicted molar refractivity (Wildman–Crippen MR) is 67.8 cm³/mol. The molecule has 0 saturated heterocycles. The van der Waals surface area contributed by atoms with Gasteiger partial charge in [-0.15, -0.1) is 11.3 Å². The number of carboxylic acids is 1. The van der Waals surface area contributed by atoms with Crippen LogP contribution in [0.15, 0.2) is 12.1 Å². The van der Waals surface area contributed by atoms with Crippen LogP contribution in [0, 0.1) is 0 Å². The maximum Gasteiger partial charge on any atom is 0.328 e.